The molecule has 35 heavy (non-hydrogen) atoms. The van der Waals surface area contributed by atoms with E-state index in [1.54, 1.807) is 29.2 Å². The van der Waals surface area contributed by atoms with E-state index in [-0.39, 0.29) is 30.6 Å². The maximum atomic E-state index is 13.7. The number of anilines is 2. The van der Waals surface area contributed by atoms with Crippen LogP contribution in [0.4, 0.5) is 10.8 Å². The molecule has 2 fully saturated rings. The Morgan fingerprint density at radius 2 is 1.74 bits per heavy atom. The van der Waals surface area contributed by atoms with Crippen molar-refractivity contribution in [2.24, 2.45) is 0 Å². The van der Waals surface area contributed by atoms with Gasteiger partial charge in [-0.1, -0.05) is 17.4 Å². The minimum atomic E-state index is -0.207. The van der Waals surface area contributed by atoms with Gasteiger partial charge in [0, 0.05) is 44.6 Å². The molecule has 0 N–H and O–H groups in total. The van der Waals surface area contributed by atoms with Crippen LogP contribution in [-0.2, 0) is 14.3 Å². The second-order valence-electron chi connectivity index (χ2n) is 9.01. The van der Waals surface area contributed by atoms with E-state index >= 15 is 0 Å². The van der Waals surface area contributed by atoms with Crippen LogP contribution in [0.1, 0.15) is 34.3 Å². The number of aromatic nitrogens is 1. The molecule has 1 aromatic heterocycles. The Morgan fingerprint density at radius 1 is 1.06 bits per heavy atom. The molecular weight excluding hydrogens is 464 g/mol. The Balaban J connectivity index is 1.44. The molecule has 0 aliphatic carbocycles. The summed E-state index contributed by atoms with van der Waals surface area (Å²) in [5, 5.41) is 0.668. The molecule has 182 valence electrons. The minimum absolute atomic E-state index is 0.155. The Bertz CT molecular complexity index is 1260. The number of hydrogen-bond acceptors (Lipinski definition) is 7. The van der Waals surface area contributed by atoms with Gasteiger partial charge in [0.2, 0.25) is 11.8 Å². The van der Waals surface area contributed by atoms with Crippen LogP contribution in [0.5, 0.6) is 0 Å². The van der Waals surface area contributed by atoms with Gasteiger partial charge in [-0.15, -0.1) is 0 Å². The first-order valence-corrected chi connectivity index (χ1v) is 12.7. The molecule has 0 unspecified atom stereocenters. The zero-order valence-corrected chi connectivity index (χ0v) is 20.8. The van der Waals surface area contributed by atoms with Gasteiger partial charge in [0.05, 0.1) is 29.1 Å². The third-order valence-electron chi connectivity index (χ3n) is 6.45. The third-order valence-corrected chi connectivity index (χ3v) is 7.68. The number of morpholine rings is 1. The van der Waals surface area contributed by atoms with Gasteiger partial charge in [0.1, 0.15) is 0 Å². The molecule has 9 heteroatoms. The first-order valence-electron chi connectivity index (χ1n) is 11.9. The van der Waals surface area contributed by atoms with Gasteiger partial charge in [0.25, 0.3) is 5.91 Å². The summed E-state index contributed by atoms with van der Waals surface area (Å²) >= 11 is 1.53. The number of amides is 3. The molecule has 3 heterocycles. The van der Waals surface area contributed by atoms with Crippen molar-refractivity contribution in [1.29, 1.82) is 0 Å². The molecule has 0 atom stereocenters. The number of ether oxygens (including phenoxy) is 1. The van der Waals surface area contributed by atoms with Crippen LogP contribution >= 0.6 is 11.3 Å². The topological polar surface area (TPSA) is 83.0 Å². The van der Waals surface area contributed by atoms with Crippen LogP contribution in [0.15, 0.2) is 36.4 Å². The normalized spacial score (nSPS) is 16.9. The number of nitrogens with zero attached hydrogens (tertiary/aromatic N) is 4. The van der Waals surface area contributed by atoms with Crippen LogP contribution in [-0.4, -0.2) is 67.0 Å². The van der Waals surface area contributed by atoms with E-state index in [4.69, 9.17) is 9.72 Å². The fraction of sp³-hybridized carbons (Fsp3) is 0.385. The fourth-order valence-corrected chi connectivity index (χ4v) is 5.64. The van der Waals surface area contributed by atoms with Gasteiger partial charge in [-0.05, 0) is 55.3 Å². The second-order valence-corrected chi connectivity index (χ2v) is 9.98. The summed E-state index contributed by atoms with van der Waals surface area (Å²) < 4.78 is 6.54. The summed E-state index contributed by atoms with van der Waals surface area (Å²) in [6.07, 6.45) is 0.455. The van der Waals surface area contributed by atoms with Crippen molar-refractivity contribution in [3.63, 3.8) is 0 Å². The van der Waals surface area contributed by atoms with Gasteiger partial charge in [-0.3, -0.25) is 29.1 Å². The van der Waals surface area contributed by atoms with E-state index in [0.29, 0.717) is 36.1 Å². The van der Waals surface area contributed by atoms with Crippen molar-refractivity contribution < 1.29 is 19.1 Å². The first-order chi connectivity index (χ1) is 16.9. The number of benzene rings is 2. The molecule has 2 aliphatic heterocycles. The molecular formula is C26H28N4O4S. The average molecular weight is 493 g/mol. The summed E-state index contributed by atoms with van der Waals surface area (Å²) in [5.74, 6) is -0.569. The molecule has 0 spiro atoms. The average Bonchev–Trinajstić information content (AvgIpc) is 3.42. The highest BCUT2D eigenvalue weighted by Crippen LogP contribution is 2.33. The second kappa shape index (κ2) is 9.85. The Kier molecular flexibility index (Phi) is 6.64. The number of imide groups is 1. The van der Waals surface area contributed by atoms with Crippen LogP contribution in [0.25, 0.3) is 10.2 Å². The van der Waals surface area contributed by atoms with Crippen LogP contribution in [0.2, 0.25) is 0 Å². The third kappa shape index (κ3) is 4.84. The lowest BCUT2D eigenvalue weighted by Gasteiger charge is -2.29. The first kappa shape index (κ1) is 23.6. The minimum Gasteiger partial charge on any atom is -0.379 e. The van der Waals surface area contributed by atoms with E-state index in [9.17, 15) is 14.4 Å². The Hall–Kier alpha value is -3.14. The predicted octanol–water partition coefficient (Wildman–Crippen LogP) is 3.55. The lowest BCUT2D eigenvalue weighted by Crippen LogP contribution is -2.43. The van der Waals surface area contributed by atoms with Crippen LogP contribution in [0.3, 0.4) is 0 Å². The van der Waals surface area contributed by atoms with Gasteiger partial charge >= 0.3 is 0 Å². The summed E-state index contributed by atoms with van der Waals surface area (Å²) in [6.45, 7) is 8.41. The molecule has 0 radical (unpaired) electrons. The van der Waals surface area contributed by atoms with E-state index in [0.717, 1.165) is 41.0 Å². The van der Waals surface area contributed by atoms with Gasteiger partial charge in [-0.25, -0.2) is 4.98 Å². The fourth-order valence-electron chi connectivity index (χ4n) is 4.60. The largest absolute Gasteiger partial charge is 0.379 e. The number of fused-ring (bicyclic) bond motifs is 1. The monoisotopic (exact) mass is 492 g/mol. The predicted molar refractivity (Wildman–Crippen MR) is 136 cm³/mol. The van der Waals surface area contributed by atoms with Crippen molar-refractivity contribution in [1.82, 2.24) is 9.88 Å². The van der Waals surface area contributed by atoms with E-state index in [1.807, 2.05) is 13.0 Å². The molecule has 3 aromatic rings. The standard InChI is InChI=1S/C26H28N4O4S/c1-17-15-18(2)24-21(16-17)27-26(35-24)29(10-9-28-11-13-34-14-12-28)25(33)19-3-5-20(6-4-19)30-22(31)7-8-23(30)32/h3-6,15-16H,7-14H2,1-2H3. The molecule has 2 aromatic carbocycles. The SMILES string of the molecule is Cc1cc(C)c2sc(N(CCN3CCOCC3)C(=O)c3ccc(N4C(=O)CCC4=O)cc3)nc2c1. The summed E-state index contributed by atoms with van der Waals surface area (Å²) in [4.78, 5) is 47.9. The highest BCUT2D eigenvalue weighted by Gasteiger charge is 2.30. The van der Waals surface area contributed by atoms with Gasteiger partial charge in [0.15, 0.2) is 5.13 Å². The highest BCUT2D eigenvalue weighted by molar-refractivity contribution is 7.22. The Morgan fingerprint density at radius 3 is 2.43 bits per heavy atom. The van der Waals surface area contributed by atoms with E-state index in [1.165, 1.54) is 16.2 Å². The highest BCUT2D eigenvalue weighted by atomic mass is 32.1. The van der Waals surface area contributed by atoms with Crippen LogP contribution < -0.4 is 9.80 Å². The lowest BCUT2D eigenvalue weighted by molar-refractivity contribution is -0.121. The van der Waals surface area contributed by atoms with Crippen molar-refractivity contribution in [2.75, 3.05) is 49.2 Å². The quantitative estimate of drug-likeness (QED) is 0.490. The number of hydrogen-bond donors (Lipinski definition) is 0. The van der Waals surface area contributed by atoms with Crippen molar-refractivity contribution in [3.05, 3.63) is 53.1 Å². The maximum absolute atomic E-state index is 13.7. The molecule has 0 saturated carbocycles. The molecule has 2 aliphatic rings. The Labute approximate surface area is 208 Å². The number of carbonyl (C=O) groups excluding carboxylic acids is 3. The number of rotatable bonds is 6. The summed E-state index contributed by atoms with van der Waals surface area (Å²) in [6, 6.07) is 10.9. The van der Waals surface area contributed by atoms with Gasteiger partial charge in [-0.2, -0.15) is 0 Å². The van der Waals surface area contributed by atoms with Crippen molar-refractivity contribution in [2.45, 2.75) is 26.7 Å². The number of thiazole rings is 1. The zero-order valence-electron chi connectivity index (χ0n) is 20.0. The van der Waals surface area contributed by atoms with E-state index in [2.05, 4.69) is 17.9 Å². The number of aryl methyl sites for hydroxylation is 2. The van der Waals surface area contributed by atoms with Gasteiger partial charge < -0.3 is 4.74 Å². The molecule has 3 amide bonds. The molecule has 2 saturated heterocycles. The molecule has 0 bridgehead atoms. The lowest BCUT2D eigenvalue weighted by atomic mass is 10.1. The van der Waals surface area contributed by atoms with E-state index < -0.39 is 0 Å². The summed E-state index contributed by atoms with van der Waals surface area (Å²) in [7, 11) is 0. The summed E-state index contributed by atoms with van der Waals surface area (Å²) in [5.41, 5.74) is 4.17. The molecule has 8 nitrogen and oxygen atoms in total. The smallest absolute Gasteiger partial charge is 0.260 e. The van der Waals surface area contributed by atoms with Crippen LogP contribution in [0, 0.1) is 13.8 Å². The number of carbonyl (C=O) groups is 3. The molecule has 5 rings (SSSR count). The van der Waals surface area contributed by atoms with Crippen molar-refractivity contribution in [3.8, 4) is 0 Å². The maximum Gasteiger partial charge on any atom is 0.260 e. The zero-order chi connectivity index (χ0) is 24.5. The van der Waals surface area contributed by atoms with Crippen molar-refractivity contribution >= 4 is 50.1 Å².